The number of amides is 1. The third kappa shape index (κ3) is 5.08. The van der Waals surface area contributed by atoms with E-state index >= 15 is 0 Å². The lowest BCUT2D eigenvalue weighted by molar-refractivity contribution is -0.123. The molecule has 27 heavy (non-hydrogen) atoms. The molecular weight excluding hydrogens is 364 g/mol. The van der Waals surface area contributed by atoms with Crippen molar-refractivity contribution in [3.63, 3.8) is 0 Å². The number of aryl methyl sites for hydroxylation is 2. The van der Waals surface area contributed by atoms with Crippen molar-refractivity contribution in [2.24, 2.45) is 0 Å². The van der Waals surface area contributed by atoms with Crippen LogP contribution in [0, 0.1) is 13.8 Å². The predicted octanol–water partition coefficient (Wildman–Crippen LogP) is 2.86. The molecule has 0 bridgehead atoms. The van der Waals surface area contributed by atoms with Crippen molar-refractivity contribution < 1.29 is 17.9 Å². The van der Waals surface area contributed by atoms with Crippen LogP contribution < -0.4 is 14.8 Å². The first kappa shape index (κ1) is 20.9. The van der Waals surface area contributed by atoms with Gasteiger partial charge < -0.3 is 10.1 Å². The summed E-state index contributed by atoms with van der Waals surface area (Å²) in [7, 11) is -2.41. The van der Waals surface area contributed by atoms with Crippen molar-refractivity contribution in [1.82, 2.24) is 10.0 Å². The highest BCUT2D eigenvalue weighted by molar-refractivity contribution is 7.89. The fourth-order valence-corrected chi connectivity index (χ4v) is 4.59. The van der Waals surface area contributed by atoms with Crippen molar-refractivity contribution in [1.29, 1.82) is 0 Å². The second-order valence-electron chi connectivity index (χ2n) is 6.72. The van der Waals surface area contributed by atoms with E-state index in [9.17, 15) is 13.2 Å². The zero-order valence-electron chi connectivity index (χ0n) is 16.2. The van der Waals surface area contributed by atoms with Gasteiger partial charge in [0.2, 0.25) is 15.9 Å². The number of hydrogen-bond acceptors (Lipinski definition) is 4. The molecule has 0 aliphatic heterocycles. The molecule has 1 amide bonds. The van der Waals surface area contributed by atoms with Gasteiger partial charge in [-0.2, -0.15) is 4.72 Å². The number of methoxy groups -OCH3 is 1. The number of carbonyl (C=O) groups is 1. The van der Waals surface area contributed by atoms with E-state index in [1.165, 1.54) is 7.11 Å². The minimum Gasteiger partial charge on any atom is -0.497 e. The maximum atomic E-state index is 13.1. The van der Waals surface area contributed by atoms with Crippen molar-refractivity contribution in [3.05, 3.63) is 59.2 Å². The Kier molecular flexibility index (Phi) is 6.62. The molecule has 0 saturated carbocycles. The number of rotatable bonds is 7. The Morgan fingerprint density at radius 3 is 2.07 bits per heavy atom. The standard InChI is InChI=1S/C20H26N2O4S/c1-13(2)21-20(23)18(16-9-7-6-8-10-16)22-27(24,25)19-14(3)11-17(26-5)12-15(19)4/h6-13,18,22H,1-5H3,(H,21,23)/t18-/m0/s1. The van der Waals surface area contributed by atoms with E-state index in [-0.39, 0.29) is 10.9 Å². The molecule has 0 saturated heterocycles. The molecule has 2 rings (SSSR count). The van der Waals surface area contributed by atoms with E-state index in [1.54, 1.807) is 50.2 Å². The fourth-order valence-electron chi connectivity index (χ4n) is 2.95. The van der Waals surface area contributed by atoms with Crippen molar-refractivity contribution in [3.8, 4) is 5.75 Å². The Morgan fingerprint density at radius 1 is 1.04 bits per heavy atom. The molecular formula is C20H26N2O4S. The minimum absolute atomic E-state index is 0.113. The lowest BCUT2D eigenvalue weighted by Gasteiger charge is -2.22. The molecule has 6 nitrogen and oxygen atoms in total. The SMILES string of the molecule is COc1cc(C)c(S(=O)(=O)N[C@H](C(=O)NC(C)C)c2ccccc2)c(C)c1. The molecule has 0 spiro atoms. The second kappa shape index (κ2) is 8.54. The fraction of sp³-hybridized carbons (Fsp3) is 0.350. The highest BCUT2D eigenvalue weighted by atomic mass is 32.2. The smallest absolute Gasteiger partial charge is 0.242 e. The summed E-state index contributed by atoms with van der Waals surface area (Å²) >= 11 is 0. The van der Waals surface area contributed by atoms with Crippen LogP contribution in [0.2, 0.25) is 0 Å². The van der Waals surface area contributed by atoms with Gasteiger partial charge in [-0.25, -0.2) is 8.42 Å². The summed E-state index contributed by atoms with van der Waals surface area (Å²) in [5, 5.41) is 2.78. The minimum atomic E-state index is -3.94. The highest BCUT2D eigenvalue weighted by Gasteiger charge is 2.29. The molecule has 7 heteroatoms. The van der Waals surface area contributed by atoms with Gasteiger partial charge >= 0.3 is 0 Å². The van der Waals surface area contributed by atoms with Crippen molar-refractivity contribution in [2.75, 3.05) is 7.11 Å². The zero-order valence-corrected chi connectivity index (χ0v) is 17.1. The predicted molar refractivity (Wildman–Crippen MR) is 105 cm³/mol. The molecule has 0 aliphatic rings. The Balaban J connectivity index is 2.46. The van der Waals surface area contributed by atoms with E-state index in [0.29, 0.717) is 22.4 Å². The van der Waals surface area contributed by atoms with Crippen LogP contribution in [0.15, 0.2) is 47.4 Å². The summed E-state index contributed by atoms with van der Waals surface area (Å²) < 4.78 is 34.0. The van der Waals surface area contributed by atoms with Gasteiger partial charge in [-0.1, -0.05) is 30.3 Å². The number of carbonyl (C=O) groups excluding carboxylic acids is 1. The number of ether oxygens (including phenoxy) is 1. The van der Waals surface area contributed by atoms with Crippen molar-refractivity contribution >= 4 is 15.9 Å². The van der Waals surface area contributed by atoms with Gasteiger partial charge in [0.1, 0.15) is 11.8 Å². The number of benzene rings is 2. The number of sulfonamides is 1. The third-order valence-corrected chi connectivity index (χ3v) is 5.76. The van der Waals surface area contributed by atoms with E-state index in [0.717, 1.165) is 0 Å². The lowest BCUT2D eigenvalue weighted by atomic mass is 10.1. The van der Waals surface area contributed by atoms with Gasteiger partial charge in [0.25, 0.3) is 0 Å². The Bertz CT molecular complexity index is 886. The van der Waals surface area contributed by atoms with Crippen LogP contribution >= 0.6 is 0 Å². The van der Waals surface area contributed by atoms with E-state index < -0.39 is 22.0 Å². The average Bonchev–Trinajstić information content (AvgIpc) is 2.58. The quantitative estimate of drug-likeness (QED) is 0.761. The Hall–Kier alpha value is -2.38. The topological polar surface area (TPSA) is 84.5 Å². The van der Waals surface area contributed by atoms with Crippen LogP contribution in [-0.2, 0) is 14.8 Å². The van der Waals surface area contributed by atoms with Crippen LogP contribution in [-0.4, -0.2) is 27.5 Å². The van der Waals surface area contributed by atoms with E-state index in [4.69, 9.17) is 4.74 Å². The Morgan fingerprint density at radius 2 is 1.59 bits per heavy atom. The van der Waals surface area contributed by atoms with E-state index in [1.807, 2.05) is 19.9 Å². The molecule has 0 radical (unpaired) electrons. The highest BCUT2D eigenvalue weighted by Crippen LogP contribution is 2.27. The van der Waals surface area contributed by atoms with Gasteiger partial charge in [-0.3, -0.25) is 4.79 Å². The number of hydrogen-bond donors (Lipinski definition) is 2. The largest absolute Gasteiger partial charge is 0.497 e. The summed E-state index contributed by atoms with van der Waals surface area (Å²) in [5.41, 5.74) is 1.67. The molecule has 0 heterocycles. The van der Waals surface area contributed by atoms with Crippen LogP contribution in [0.4, 0.5) is 0 Å². The molecule has 0 fully saturated rings. The molecule has 146 valence electrons. The molecule has 2 aromatic carbocycles. The van der Waals surface area contributed by atoms with Gasteiger partial charge in [-0.05, 0) is 56.5 Å². The average molecular weight is 391 g/mol. The van der Waals surface area contributed by atoms with E-state index in [2.05, 4.69) is 10.0 Å². The molecule has 2 N–H and O–H groups in total. The zero-order chi connectivity index (χ0) is 20.2. The summed E-state index contributed by atoms with van der Waals surface area (Å²) in [5.74, 6) is 0.185. The molecule has 0 unspecified atom stereocenters. The molecule has 0 aliphatic carbocycles. The van der Waals surface area contributed by atoms with Crippen LogP contribution in [0.5, 0.6) is 5.75 Å². The maximum absolute atomic E-state index is 13.1. The Labute approximate surface area is 161 Å². The van der Waals surface area contributed by atoms with Gasteiger partial charge in [-0.15, -0.1) is 0 Å². The van der Waals surface area contributed by atoms with Crippen molar-refractivity contribution in [2.45, 2.75) is 44.7 Å². The normalized spacial score (nSPS) is 12.7. The van der Waals surface area contributed by atoms with Crippen LogP contribution in [0.3, 0.4) is 0 Å². The summed E-state index contributed by atoms with van der Waals surface area (Å²) in [6.45, 7) is 7.06. The van der Waals surface area contributed by atoms with Gasteiger partial charge in [0.15, 0.2) is 0 Å². The van der Waals surface area contributed by atoms with Crippen LogP contribution in [0.25, 0.3) is 0 Å². The second-order valence-corrected chi connectivity index (χ2v) is 8.37. The molecule has 2 aromatic rings. The molecule has 1 atom stereocenters. The first-order valence-corrected chi connectivity index (χ1v) is 10.2. The molecule has 0 aromatic heterocycles. The third-order valence-electron chi connectivity index (χ3n) is 4.04. The lowest BCUT2D eigenvalue weighted by Crippen LogP contribution is -2.43. The maximum Gasteiger partial charge on any atom is 0.242 e. The number of nitrogens with one attached hydrogen (secondary N) is 2. The first-order chi connectivity index (χ1) is 12.7. The summed E-state index contributed by atoms with van der Waals surface area (Å²) in [4.78, 5) is 12.8. The summed E-state index contributed by atoms with van der Waals surface area (Å²) in [6, 6.07) is 11.0. The first-order valence-electron chi connectivity index (χ1n) is 8.68. The van der Waals surface area contributed by atoms with Gasteiger partial charge in [0.05, 0.1) is 12.0 Å². The monoisotopic (exact) mass is 390 g/mol. The van der Waals surface area contributed by atoms with Crippen LogP contribution in [0.1, 0.15) is 36.6 Å². The van der Waals surface area contributed by atoms with Gasteiger partial charge in [0, 0.05) is 6.04 Å². The summed E-state index contributed by atoms with van der Waals surface area (Å²) in [6.07, 6.45) is 0.